The largest absolute Gasteiger partial charge is 0.339 e. The molecular weight excluding hydrogens is 473 g/mol. The summed E-state index contributed by atoms with van der Waals surface area (Å²) in [7, 11) is 0. The fourth-order valence-corrected chi connectivity index (χ4v) is 6.68. The van der Waals surface area contributed by atoms with Gasteiger partial charge in [0.1, 0.15) is 5.82 Å². The summed E-state index contributed by atoms with van der Waals surface area (Å²) >= 11 is 1.76. The molecule has 3 atom stereocenters. The lowest BCUT2D eigenvalue weighted by Gasteiger charge is -2.42. The zero-order valence-electron chi connectivity index (χ0n) is 21.9. The Bertz CT molecular complexity index is 1040. The van der Waals surface area contributed by atoms with Gasteiger partial charge in [0.25, 0.3) is 0 Å². The van der Waals surface area contributed by atoms with Crippen molar-refractivity contribution in [3.05, 3.63) is 57.5 Å². The minimum atomic E-state index is -0.229. The van der Waals surface area contributed by atoms with Crippen molar-refractivity contribution in [3.63, 3.8) is 0 Å². The van der Waals surface area contributed by atoms with Crippen molar-refractivity contribution in [2.75, 3.05) is 32.7 Å². The lowest BCUT2D eigenvalue weighted by molar-refractivity contribution is -0.145. The first-order valence-corrected chi connectivity index (χ1v) is 14.4. The number of halogens is 1. The van der Waals surface area contributed by atoms with Crippen LogP contribution in [0.5, 0.6) is 0 Å². The summed E-state index contributed by atoms with van der Waals surface area (Å²) in [5, 5.41) is 2.11. The van der Waals surface area contributed by atoms with E-state index in [0.29, 0.717) is 32.6 Å². The van der Waals surface area contributed by atoms with Crippen LogP contribution in [0.2, 0.25) is 0 Å². The maximum absolute atomic E-state index is 14.1. The predicted molar refractivity (Wildman–Crippen MR) is 144 cm³/mol. The second-order valence-corrected chi connectivity index (χ2v) is 11.3. The van der Waals surface area contributed by atoms with E-state index in [4.69, 9.17) is 0 Å². The number of benzene rings is 1. The minimum Gasteiger partial charge on any atom is -0.339 e. The minimum absolute atomic E-state index is 0.0222. The topological polar surface area (TPSA) is 43.9 Å². The van der Waals surface area contributed by atoms with Crippen LogP contribution >= 0.6 is 11.3 Å². The molecule has 1 aromatic heterocycles. The number of nitrogens with zero attached hydrogens (tertiary/aromatic N) is 3. The van der Waals surface area contributed by atoms with E-state index in [1.54, 1.807) is 23.5 Å². The van der Waals surface area contributed by atoms with Crippen LogP contribution in [-0.2, 0) is 16.0 Å². The van der Waals surface area contributed by atoms with Crippen molar-refractivity contribution < 1.29 is 14.0 Å². The van der Waals surface area contributed by atoms with E-state index in [0.717, 1.165) is 44.2 Å². The van der Waals surface area contributed by atoms with E-state index in [1.807, 2.05) is 15.9 Å². The maximum Gasteiger partial charge on any atom is 0.226 e. The number of hydrogen-bond donors (Lipinski definition) is 0. The molecule has 0 bridgehead atoms. The summed E-state index contributed by atoms with van der Waals surface area (Å²) < 4.78 is 14.1. The molecule has 1 saturated heterocycles. The van der Waals surface area contributed by atoms with Gasteiger partial charge >= 0.3 is 0 Å². The Hall–Kier alpha value is -2.25. The summed E-state index contributed by atoms with van der Waals surface area (Å²) in [5.41, 5.74) is 2.18. The van der Waals surface area contributed by atoms with E-state index < -0.39 is 0 Å². The molecule has 2 aliphatic rings. The molecule has 3 heterocycles. The van der Waals surface area contributed by atoms with Crippen molar-refractivity contribution in [2.24, 2.45) is 5.92 Å². The van der Waals surface area contributed by atoms with Gasteiger partial charge in [-0.1, -0.05) is 38.8 Å². The Morgan fingerprint density at radius 2 is 2.00 bits per heavy atom. The molecule has 1 fully saturated rings. The van der Waals surface area contributed by atoms with Gasteiger partial charge in [-0.25, -0.2) is 4.39 Å². The normalized spacial score (nSPS) is 21.3. The Labute approximate surface area is 219 Å². The molecule has 0 spiro atoms. The van der Waals surface area contributed by atoms with Gasteiger partial charge in [0.2, 0.25) is 11.8 Å². The third-order valence-electron chi connectivity index (χ3n) is 7.85. The molecule has 2 aromatic rings. The number of piperazine rings is 1. The van der Waals surface area contributed by atoms with E-state index in [-0.39, 0.29) is 35.6 Å². The first kappa shape index (κ1) is 26.8. The Morgan fingerprint density at radius 3 is 2.72 bits per heavy atom. The molecule has 0 radical (unpaired) electrons. The highest BCUT2D eigenvalue weighted by molar-refractivity contribution is 7.10. The maximum atomic E-state index is 14.1. The average molecular weight is 514 g/mol. The molecule has 0 aliphatic carbocycles. The highest BCUT2D eigenvalue weighted by Gasteiger charge is 2.34. The molecule has 5 nitrogen and oxygen atoms in total. The quantitative estimate of drug-likeness (QED) is 0.445. The van der Waals surface area contributed by atoms with Crippen molar-refractivity contribution in [3.8, 4) is 0 Å². The number of carbonyl (C=O) groups excluding carboxylic acids is 2. The zero-order valence-corrected chi connectivity index (χ0v) is 22.7. The second kappa shape index (κ2) is 12.3. The summed E-state index contributed by atoms with van der Waals surface area (Å²) in [6, 6.07) is 9.01. The molecule has 0 saturated carbocycles. The standard InChI is InChI=1S/C29H40FN3O2S/c1-4-6-8-22(5-2)29(35)33-17-16-32(20-21(33)3)27(34)12-15-31-14-11-26-25(13-18-36-26)28(31)23-9-7-10-24(30)19-23/h7,9-10,13,18-19,21-22,28H,4-6,8,11-12,14-17,20H2,1-3H3/t21-,22+,28-/m1/s1. The molecule has 196 valence electrons. The van der Waals surface area contributed by atoms with Crippen LogP contribution in [0.4, 0.5) is 4.39 Å². The molecule has 4 rings (SSSR count). The smallest absolute Gasteiger partial charge is 0.226 e. The van der Waals surface area contributed by atoms with Gasteiger partial charge in [-0.15, -0.1) is 11.3 Å². The number of carbonyl (C=O) groups is 2. The molecular formula is C29H40FN3O2S. The third kappa shape index (κ3) is 6.00. The number of rotatable bonds is 9. The van der Waals surface area contributed by atoms with Crippen molar-refractivity contribution in [1.82, 2.24) is 14.7 Å². The average Bonchev–Trinajstić information content (AvgIpc) is 3.36. The van der Waals surface area contributed by atoms with Crippen LogP contribution in [0.3, 0.4) is 0 Å². The van der Waals surface area contributed by atoms with E-state index in [1.165, 1.54) is 16.5 Å². The summed E-state index contributed by atoms with van der Waals surface area (Å²) in [5.74, 6) is 0.257. The highest BCUT2D eigenvalue weighted by atomic mass is 32.1. The molecule has 36 heavy (non-hydrogen) atoms. The first-order chi connectivity index (χ1) is 17.4. The number of amides is 2. The Balaban J connectivity index is 1.36. The van der Waals surface area contributed by atoms with Gasteiger partial charge in [0.05, 0.1) is 6.04 Å². The molecule has 7 heteroatoms. The zero-order chi connectivity index (χ0) is 25.7. The second-order valence-electron chi connectivity index (χ2n) is 10.3. The highest BCUT2D eigenvalue weighted by Crippen LogP contribution is 2.38. The number of thiophene rings is 1. The lowest BCUT2D eigenvalue weighted by atomic mass is 9.93. The van der Waals surface area contributed by atoms with Crippen LogP contribution in [0.1, 0.15) is 74.9 Å². The number of hydrogen-bond acceptors (Lipinski definition) is 4. The first-order valence-electron chi connectivity index (χ1n) is 13.6. The third-order valence-corrected chi connectivity index (χ3v) is 8.85. The Morgan fingerprint density at radius 1 is 1.17 bits per heavy atom. The SMILES string of the molecule is CCCC[C@H](CC)C(=O)N1CCN(C(=O)CCN2CCc3sccc3[C@H]2c2cccc(F)c2)C[C@H]1C. The lowest BCUT2D eigenvalue weighted by Crippen LogP contribution is -2.56. The van der Waals surface area contributed by atoms with E-state index >= 15 is 0 Å². The summed E-state index contributed by atoms with van der Waals surface area (Å²) in [4.78, 5) is 33.9. The van der Waals surface area contributed by atoms with Crippen molar-refractivity contribution >= 4 is 23.2 Å². The van der Waals surface area contributed by atoms with Crippen LogP contribution in [0.15, 0.2) is 35.7 Å². The monoisotopic (exact) mass is 513 g/mol. The van der Waals surface area contributed by atoms with Gasteiger partial charge in [-0.3, -0.25) is 14.5 Å². The van der Waals surface area contributed by atoms with Gasteiger partial charge in [-0.05, 0) is 60.9 Å². The van der Waals surface area contributed by atoms with Crippen LogP contribution < -0.4 is 0 Å². The molecule has 2 aliphatic heterocycles. The van der Waals surface area contributed by atoms with Gasteiger partial charge in [0, 0.05) is 56.0 Å². The van der Waals surface area contributed by atoms with Crippen molar-refractivity contribution in [2.45, 2.75) is 71.4 Å². The van der Waals surface area contributed by atoms with E-state index in [9.17, 15) is 14.0 Å². The summed E-state index contributed by atoms with van der Waals surface area (Å²) in [6.45, 7) is 9.62. The molecule has 0 unspecified atom stereocenters. The fraction of sp³-hybridized carbons (Fsp3) is 0.586. The van der Waals surface area contributed by atoms with Crippen LogP contribution in [-0.4, -0.2) is 65.3 Å². The van der Waals surface area contributed by atoms with Crippen LogP contribution in [0, 0.1) is 11.7 Å². The number of fused-ring (bicyclic) bond motifs is 1. The van der Waals surface area contributed by atoms with Gasteiger partial charge < -0.3 is 9.80 Å². The van der Waals surface area contributed by atoms with Gasteiger partial charge in [0.15, 0.2) is 0 Å². The fourth-order valence-electron chi connectivity index (χ4n) is 5.77. The summed E-state index contributed by atoms with van der Waals surface area (Å²) in [6.07, 6.45) is 5.40. The van der Waals surface area contributed by atoms with Crippen LogP contribution in [0.25, 0.3) is 0 Å². The molecule has 1 aromatic carbocycles. The van der Waals surface area contributed by atoms with E-state index in [2.05, 4.69) is 37.1 Å². The van der Waals surface area contributed by atoms with Crippen molar-refractivity contribution in [1.29, 1.82) is 0 Å². The predicted octanol–water partition coefficient (Wildman–Crippen LogP) is 5.50. The van der Waals surface area contributed by atoms with Gasteiger partial charge in [-0.2, -0.15) is 0 Å². The Kier molecular flexibility index (Phi) is 9.18. The number of unbranched alkanes of at least 4 members (excludes halogenated alkanes) is 1. The molecule has 0 N–H and O–H groups in total. The molecule has 2 amide bonds.